The molecule has 0 radical (unpaired) electrons. The van der Waals surface area contributed by atoms with Crippen molar-refractivity contribution in [3.05, 3.63) is 71.4 Å². The van der Waals surface area contributed by atoms with Gasteiger partial charge in [0.1, 0.15) is 29.1 Å². The monoisotopic (exact) mass is 464 g/mol. The first-order valence-corrected chi connectivity index (χ1v) is 10.7. The maximum Gasteiger partial charge on any atom is 0.227 e. The van der Waals surface area contributed by atoms with Crippen LogP contribution in [0.1, 0.15) is 24.1 Å². The van der Waals surface area contributed by atoms with Gasteiger partial charge in [-0.05, 0) is 49.2 Å². The fourth-order valence-electron chi connectivity index (χ4n) is 3.95. The summed E-state index contributed by atoms with van der Waals surface area (Å²) in [5, 5.41) is 16.7. The molecule has 1 aromatic heterocycles. The highest BCUT2D eigenvalue weighted by atomic mass is 19.1. The van der Waals surface area contributed by atoms with Crippen molar-refractivity contribution < 1.29 is 18.4 Å². The second-order valence-electron chi connectivity index (χ2n) is 7.96. The van der Waals surface area contributed by atoms with Crippen LogP contribution >= 0.6 is 0 Å². The van der Waals surface area contributed by atoms with Crippen LogP contribution in [-0.2, 0) is 16.0 Å². The van der Waals surface area contributed by atoms with Crippen molar-refractivity contribution in [3.63, 3.8) is 0 Å². The van der Waals surface area contributed by atoms with E-state index in [2.05, 4.69) is 10.4 Å². The largest absolute Gasteiger partial charge is 0.382 e. The predicted molar refractivity (Wildman–Crippen MR) is 121 cm³/mol. The molecule has 1 fully saturated rings. The van der Waals surface area contributed by atoms with Gasteiger partial charge in [-0.25, -0.2) is 13.5 Å². The number of nitrogens with two attached hydrogens (primary N) is 1. The van der Waals surface area contributed by atoms with E-state index in [1.165, 1.54) is 52.0 Å². The van der Waals surface area contributed by atoms with Gasteiger partial charge in [-0.15, -0.1) is 0 Å². The van der Waals surface area contributed by atoms with E-state index >= 15 is 0 Å². The lowest BCUT2D eigenvalue weighted by atomic mass is 10.1. The molecule has 2 aromatic carbocycles. The third-order valence-electron chi connectivity index (χ3n) is 5.71. The zero-order chi connectivity index (χ0) is 24.2. The second kappa shape index (κ2) is 9.70. The van der Waals surface area contributed by atoms with E-state index < -0.39 is 17.6 Å². The first-order chi connectivity index (χ1) is 16.4. The first-order valence-electron chi connectivity index (χ1n) is 10.7. The number of rotatable bonds is 7. The van der Waals surface area contributed by atoms with Gasteiger partial charge in [-0.3, -0.25) is 9.59 Å². The fraction of sp³-hybridized carbons (Fsp3) is 0.250. The molecule has 0 aliphatic carbocycles. The van der Waals surface area contributed by atoms with Crippen LogP contribution in [0.2, 0.25) is 0 Å². The minimum atomic E-state index is -0.574. The number of halogens is 2. The van der Waals surface area contributed by atoms with Crippen LogP contribution < -0.4 is 16.0 Å². The molecular formula is C24H22F2N6O2. The Balaban J connectivity index is 1.33. The standard InChI is InChI=1S/C24H22F2N6O2/c25-16-7-9-17(10-8-16)32-23(28)18(13-27)20(30-32)5-3-11-29-24(34)15-12-22(33)31(14-15)21-6-2-1-4-19(21)26/h1-2,4,6-10,15H,3,5,11-12,14,28H2,(H,29,34). The number of para-hydroxylation sites is 1. The van der Waals surface area contributed by atoms with E-state index in [1.807, 2.05) is 6.07 Å². The van der Waals surface area contributed by atoms with E-state index in [-0.39, 0.29) is 41.8 Å². The van der Waals surface area contributed by atoms with Gasteiger partial charge in [-0.2, -0.15) is 10.4 Å². The Morgan fingerprint density at radius 2 is 1.94 bits per heavy atom. The SMILES string of the molecule is N#Cc1c(CCCNC(=O)C2CC(=O)N(c3ccccc3F)C2)nn(-c2ccc(F)cc2)c1N. The van der Waals surface area contributed by atoms with Crippen LogP contribution in [-0.4, -0.2) is 34.7 Å². The molecule has 1 aliphatic rings. The van der Waals surface area contributed by atoms with Crippen molar-refractivity contribution in [2.75, 3.05) is 23.7 Å². The summed E-state index contributed by atoms with van der Waals surface area (Å²) in [6.45, 7) is 0.417. The number of anilines is 2. The Kier molecular flexibility index (Phi) is 6.54. The minimum absolute atomic E-state index is 0.0113. The summed E-state index contributed by atoms with van der Waals surface area (Å²) in [6, 6.07) is 13.6. The molecule has 0 saturated carbocycles. The quantitative estimate of drug-likeness (QED) is 0.522. The molecule has 10 heteroatoms. The number of amides is 2. The molecule has 3 N–H and O–H groups in total. The molecule has 2 heterocycles. The van der Waals surface area contributed by atoms with Crippen molar-refractivity contribution in [2.45, 2.75) is 19.3 Å². The Hall–Kier alpha value is -4.26. The van der Waals surface area contributed by atoms with Crippen molar-refractivity contribution in [1.82, 2.24) is 15.1 Å². The number of carbonyl (C=O) groups is 2. The van der Waals surface area contributed by atoms with Crippen LogP contribution in [0, 0.1) is 28.9 Å². The third kappa shape index (κ3) is 4.59. The van der Waals surface area contributed by atoms with Gasteiger partial charge in [-0.1, -0.05) is 12.1 Å². The number of hydrogen-bond acceptors (Lipinski definition) is 5. The van der Waals surface area contributed by atoms with Crippen LogP contribution in [0.4, 0.5) is 20.3 Å². The second-order valence-corrected chi connectivity index (χ2v) is 7.96. The molecule has 3 aromatic rings. The van der Waals surface area contributed by atoms with E-state index in [4.69, 9.17) is 5.73 Å². The lowest BCUT2D eigenvalue weighted by molar-refractivity contribution is -0.126. The molecular weight excluding hydrogens is 442 g/mol. The number of hydrogen-bond donors (Lipinski definition) is 2. The lowest BCUT2D eigenvalue weighted by Crippen LogP contribution is -2.33. The molecule has 1 atom stereocenters. The van der Waals surface area contributed by atoms with E-state index in [9.17, 15) is 23.6 Å². The summed E-state index contributed by atoms with van der Waals surface area (Å²) >= 11 is 0. The van der Waals surface area contributed by atoms with Gasteiger partial charge >= 0.3 is 0 Å². The highest BCUT2D eigenvalue weighted by Crippen LogP contribution is 2.27. The summed E-state index contributed by atoms with van der Waals surface area (Å²) < 4.78 is 28.6. The van der Waals surface area contributed by atoms with Crippen LogP contribution in [0.3, 0.4) is 0 Å². The number of carbonyl (C=O) groups excluding carboxylic acids is 2. The summed E-state index contributed by atoms with van der Waals surface area (Å²) in [5.41, 5.74) is 7.46. The molecule has 0 spiro atoms. The van der Waals surface area contributed by atoms with Crippen molar-refractivity contribution >= 4 is 23.3 Å². The molecule has 0 bridgehead atoms. The fourth-order valence-corrected chi connectivity index (χ4v) is 3.95. The average molecular weight is 464 g/mol. The molecule has 2 amide bonds. The maximum absolute atomic E-state index is 14.0. The van der Waals surface area contributed by atoms with Crippen LogP contribution in [0.5, 0.6) is 0 Å². The van der Waals surface area contributed by atoms with Crippen molar-refractivity contribution in [1.29, 1.82) is 5.26 Å². The Morgan fingerprint density at radius 1 is 1.21 bits per heavy atom. The summed E-state index contributed by atoms with van der Waals surface area (Å²) in [4.78, 5) is 26.1. The number of nitrogens with one attached hydrogen (secondary N) is 1. The molecule has 1 saturated heterocycles. The Bertz CT molecular complexity index is 1270. The highest BCUT2D eigenvalue weighted by Gasteiger charge is 2.35. The molecule has 174 valence electrons. The van der Waals surface area contributed by atoms with Gasteiger partial charge < -0.3 is 16.0 Å². The van der Waals surface area contributed by atoms with Gasteiger partial charge in [0.15, 0.2) is 0 Å². The Labute approximate surface area is 194 Å². The van der Waals surface area contributed by atoms with Crippen LogP contribution in [0.25, 0.3) is 5.69 Å². The maximum atomic E-state index is 14.0. The average Bonchev–Trinajstić information content (AvgIpc) is 3.37. The molecule has 1 unspecified atom stereocenters. The number of aryl methyl sites for hydroxylation is 1. The third-order valence-corrected chi connectivity index (χ3v) is 5.71. The molecule has 1 aliphatic heterocycles. The van der Waals surface area contributed by atoms with Crippen molar-refractivity contribution in [3.8, 4) is 11.8 Å². The van der Waals surface area contributed by atoms with Gasteiger partial charge in [0.25, 0.3) is 0 Å². The number of aromatic nitrogens is 2. The lowest BCUT2D eigenvalue weighted by Gasteiger charge is -2.17. The van der Waals surface area contributed by atoms with E-state index in [1.54, 1.807) is 6.07 Å². The van der Waals surface area contributed by atoms with Crippen LogP contribution in [0.15, 0.2) is 48.5 Å². The van der Waals surface area contributed by atoms with Gasteiger partial charge in [0.2, 0.25) is 11.8 Å². The number of nitrogens with zero attached hydrogens (tertiary/aromatic N) is 4. The summed E-state index contributed by atoms with van der Waals surface area (Å²) in [5.74, 6) is -1.91. The van der Waals surface area contributed by atoms with E-state index in [0.29, 0.717) is 30.8 Å². The predicted octanol–water partition coefficient (Wildman–Crippen LogP) is 2.71. The zero-order valence-electron chi connectivity index (χ0n) is 18.2. The highest BCUT2D eigenvalue weighted by molar-refractivity contribution is 6.00. The summed E-state index contributed by atoms with van der Waals surface area (Å²) in [7, 11) is 0. The topological polar surface area (TPSA) is 117 Å². The number of nitriles is 1. The normalized spacial score (nSPS) is 15.4. The minimum Gasteiger partial charge on any atom is -0.382 e. The molecule has 8 nitrogen and oxygen atoms in total. The Morgan fingerprint density at radius 3 is 2.65 bits per heavy atom. The van der Waals surface area contributed by atoms with Gasteiger partial charge in [0.05, 0.1) is 23.0 Å². The van der Waals surface area contributed by atoms with Crippen molar-refractivity contribution in [2.24, 2.45) is 5.92 Å². The first kappa shape index (κ1) is 22.9. The zero-order valence-corrected chi connectivity index (χ0v) is 18.2. The number of benzene rings is 2. The smallest absolute Gasteiger partial charge is 0.227 e. The molecule has 34 heavy (non-hydrogen) atoms. The van der Waals surface area contributed by atoms with E-state index in [0.717, 1.165) is 0 Å². The summed E-state index contributed by atoms with van der Waals surface area (Å²) in [6.07, 6.45) is 0.877. The number of nitrogen functional groups attached to an aromatic ring is 1. The van der Waals surface area contributed by atoms with Gasteiger partial charge in [0, 0.05) is 19.5 Å². The molecule has 4 rings (SSSR count).